The first-order valence-corrected chi connectivity index (χ1v) is 5.22. The Kier molecular flexibility index (Phi) is 2.90. The number of thiazole rings is 1. The normalized spacial score (nSPS) is 10.1. The van der Waals surface area contributed by atoms with Gasteiger partial charge in [0.2, 0.25) is 0 Å². The number of anilines is 1. The molecule has 2 aromatic heterocycles. The minimum Gasteiger partial charge on any atom is -0.356 e. The van der Waals surface area contributed by atoms with Crippen molar-refractivity contribution in [2.24, 2.45) is 0 Å². The summed E-state index contributed by atoms with van der Waals surface area (Å²) in [7, 11) is 0. The molecule has 1 N–H and O–H groups in total. The van der Waals surface area contributed by atoms with Crippen molar-refractivity contribution in [1.29, 1.82) is 0 Å². The molecule has 0 atom stereocenters. The Balaban J connectivity index is 1.95. The Hall–Kier alpha value is -1.20. The molecule has 0 aliphatic rings. The van der Waals surface area contributed by atoms with Crippen molar-refractivity contribution in [3.63, 3.8) is 0 Å². The minimum absolute atomic E-state index is 0.511. The molecule has 0 aliphatic carbocycles. The third-order valence-corrected chi connectivity index (χ3v) is 2.65. The first kappa shape index (κ1) is 9.36. The van der Waals surface area contributed by atoms with Crippen molar-refractivity contribution in [3.8, 4) is 0 Å². The minimum atomic E-state index is 0.511. The second-order valence-corrected chi connectivity index (χ2v) is 3.79. The third kappa shape index (κ3) is 2.40. The van der Waals surface area contributed by atoms with Crippen LogP contribution in [0.15, 0.2) is 23.7 Å². The van der Waals surface area contributed by atoms with Crippen molar-refractivity contribution < 1.29 is 0 Å². The van der Waals surface area contributed by atoms with Gasteiger partial charge < -0.3 is 5.32 Å². The van der Waals surface area contributed by atoms with Gasteiger partial charge >= 0.3 is 0 Å². The van der Waals surface area contributed by atoms with Gasteiger partial charge in [0.25, 0.3) is 0 Å². The molecule has 14 heavy (non-hydrogen) atoms. The van der Waals surface area contributed by atoms with Gasteiger partial charge in [0.05, 0.1) is 12.2 Å². The summed E-state index contributed by atoms with van der Waals surface area (Å²) in [4.78, 5) is 4.05. The van der Waals surface area contributed by atoms with Gasteiger partial charge in [-0.05, 0) is 12.1 Å². The van der Waals surface area contributed by atoms with Crippen molar-refractivity contribution in [3.05, 3.63) is 34.6 Å². The van der Waals surface area contributed by atoms with Gasteiger partial charge in [-0.3, -0.25) is 0 Å². The molecule has 6 heteroatoms. The van der Waals surface area contributed by atoms with Crippen LogP contribution >= 0.6 is 22.9 Å². The monoisotopic (exact) mass is 226 g/mol. The highest BCUT2D eigenvalue weighted by molar-refractivity contribution is 7.14. The average molecular weight is 227 g/mol. The van der Waals surface area contributed by atoms with Gasteiger partial charge in [0.1, 0.15) is 5.15 Å². The maximum atomic E-state index is 5.67. The van der Waals surface area contributed by atoms with Crippen LogP contribution in [0.5, 0.6) is 0 Å². The molecular weight excluding hydrogens is 220 g/mol. The fraction of sp³-hybridized carbons (Fsp3) is 0.125. The first-order valence-electron chi connectivity index (χ1n) is 3.96. The number of aromatic nitrogens is 3. The quantitative estimate of drug-likeness (QED) is 0.872. The molecule has 0 aromatic carbocycles. The van der Waals surface area contributed by atoms with E-state index in [2.05, 4.69) is 20.5 Å². The lowest BCUT2D eigenvalue weighted by Crippen LogP contribution is -2.01. The van der Waals surface area contributed by atoms with E-state index < -0.39 is 0 Å². The topological polar surface area (TPSA) is 50.7 Å². The number of nitrogens with one attached hydrogen (secondary N) is 1. The number of rotatable bonds is 3. The van der Waals surface area contributed by atoms with Gasteiger partial charge in [-0.25, -0.2) is 4.98 Å². The highest BCUT2D eigenvalue weighted by Gasteiger charge is 1.99. The molecule has 0 spiro atoms. The molecule has 0 radical (unpaired) electrons. The highest BCUT2D eigenvalue weighted by Crippen LogP contribution is 2.18. The molecule has 2 aromatic rings. The summed E-state index contributed by atoms with van der Waals surface area (Å²) in [5, 5.41) is 13.9. The first-order chi connectivity index (χ1) is 6.84. The molecule has 72 valence electrons. The van der Waals surface area contributed by atoms with Gasteiger partial charge in [-0.2, -0.15) is 10.2 Å². The van der Waals surface area contributed by atoms with Crippen molar-refractivity contribution in [1.82, 2.24) is 15.2 Å². The molecule has 0 unspecified atom stereocenters. The summed E-state index contributed by atoms with van der Waals surface area (Å²) in [6.07, 6.45) is 1.64. The van der Waals surface area contributed by atoms with E-state index in [1.165, 1.54) is 11.3 Å². The van der Waals surface area contributed by atoms with Crippen LogP contribution in [-0.4, -0.2) is 15.2 Å². The van der Waals surface area contributed by atoms with Gasteiger partial charge in [-0.1, -0.05) is 11.6 Å². The van der Waals surface area contributed by atoms with Crippen LogP contribution in [0.25, 0.3) is 0 Å². The van der Waals surface area contributed by atoms with Gasteiger partial charge in [0.15, 0.2) is 5.13 Å². The predicted molar refractivity (Wildman–Crippen MR) is 56.5 cm³/mol. The van der Waals surface area contributed by atoms with Crippen LogP contribution in [0.2, 0.25) is 5.15 Å². The molecule has 0 aliphatic heterocycles. The molecule has 2 heterocycles. The van der Waals surface area contributed by atoms with Crippen molar-refractivity contribution >= 4 is 28.1 Å². The number of hydrogen-bond donors (Lipinski definition) is 1. The summed E-state index contributed by atoms with van der Waals surface area (Å²) < 4.78 is 0. The summed E-state index contributed by atoms with van der Waals surface area (Å²) in [6, 6.07) is 3.74. The lowest BCUT2D eigenvalue weighted by Gasteiger charge is -1.99. The Labute approximate surface area is 90.0 Å². The predicted octanol–water partition coefficient (Wildman–Crippen LogP) is 2.20. The Morgan fingerprint density at radius 2 is 2.43 bits per heavy atom. The molecule has 0 saturated carbocycles. The Morgan fingerprint density at radius 3 is 3.07 bits per heavy atom. The summed E-state index contributed by atoms with van der Waals surface area (Å²) in [5.74, 6) is 0. The molecule has 4 nitrogen and oxygen atoms in total. The van der Waals surface area contributed by atoms with Crippen molar-refractivity contribution in [2.45, 2.75) is 6.54 Å². The zero-order valence-corrected chi connectivity index (χ0v) is 8.72. The SMILES string of the molecule is Clc1csc(NCc2cccnn2)n1. The van der Waals surface area contributed by atoms with Crippen LogP contribution < -0.4 is 5.32 Å². The van der Waals surface area contributed by atoms with Gasteiger partial charge in [0, 0.05) is 11.6 Å². The highest BCUT2D eigenvalue weighted by atomic mass is 35.5. The number of nitrogens with zero attached hydrogens (tertiary/aromatic N) is 3. The van der Waals surface area contributed by atoms with Crippen LogP contribution in [0, 0.1) is 0 Å². The lowest BCUT2D eigenvalue weighted by atomic mass is 10.4. The maximum Gasteiger partial charge on any atom is 0.184 e. The summed E-state index contributed by atoms with van der Waals surface area (Å²) in [6.45, 7) is 0.609. The Morgan fingerprint density at radius 1 is 1.50 bits per heavy atom. The molecule has 0 saturated heterocycles. The lowest BCUT2D eigenvalue weighted by molar-refractivity contribution is 0.923. The van der Waals surface area contributed by atoms with E-state index in [1.54, 1.807) is 11.6 Å². The summed E-state index contributed by atoms with van der Waals surface area (Å²) >= 11 is 7.14. The fourth-order valence-corrected chi connectivity index (χ4v) is 1.77. The largest absolute Gasteiger partial charge is 0.356 e. The molecular formula is C8H7ClN4S. The second-order valence-electron chi connectivity index (χ2n) is 2.54. The maximum absolute atomic E-state index is 5.67. The van der Waals surface area contributed by atoms with E-state index in [-0.39, 0.29) is 0 Å². The van der Waals surface area contributed by atoms with Crippen LogP contribution in [0.1, 0.15) is 5.69 Å². The van der Waals surface area contributed by atoms with E-state index in [4.69, 9.17) is 11.6 Å². The zero-order chi connectivity index (χ0) is 9.80. The van der Waals surface area contributed by atoms with E-state index in [9.17, 15) is 0 Å². The standard InChI is InChI=1S/C8H7ClN4S/c9-7-5-14-8(12-7)10-4-6-2-1-3-11-13-6/h1-3,5H,4H2,(H,10,12). The smallest absolute Gasteiger partial charge is 0.184 e. The number of halogens is 1. The van der Waals surface area contributed by atoms with E-state index >= 15 is 0 Å². The summed E-state index contributed by atoms with van der Waals surface area (Å²) in [5.41, 5.74) is 0.874. The number of hydrogen-bond acceptors (Lipinski definition) is 5. The van der Waals surface area contributed by atoms with E-state index in [1.807, 2.05) is 12.1 Å². The van der Waals surface area contributed by atoms with Crippen LogP contribution in [0.3, 0.4) is 0 Å². The van der Waals surface area contributed by atoms with Crippen LogP contribution in [-0.2, 0) is 6.54 Å². The van der Waals surface area contributed by atoms with Crippen LogP contribution in [0.4, 0.5) is 5.13 Å². The van der Waals surface area contributed by atoms with E-state index in [0.717, 1.165) is 10.8 Å². The Bertz CT molecular complexity index is 403. The second kappa shape index (κ2) is 4.34. The molecule has 0 amide bonds. The third-order valence-electron chi connectivity index (χ3n) is 1.52. The molecule has 0 bridgehead atoms. The molecule has 2 rings (SSSR count). The zero-order valence-electron chi connectivity index (χ0n) is 7.14. The average Bonchev–Trinajstić information content (AvgIpc) is 2.63. The van der Waals surface area contributed by atoms with E-state index in [0.29, 0.717) is 11.7 Å². The van der Waals surface area contributed by atoms with Crippen molar-refractivity contribution in [2.75, 3.05) is 5.32 Å². The molecule has 0 fully saturated rings. The van der Waals surface area contributed by atoms with Gasteiger partial charge in [-0.15, -0.1) is 11.3 Å². The fourth-order valence-electron chi connectivity index (χ4n) is 0.929.